The van der Waals surface area contributed by atoms with Crippen molar-refractivity contribution in [2.45, 2.75) is 0 Å². The van der Waals surface area contributed by atoms with Crippen LogP contribution in [0.15, 0.2) is 36.4 Å². The van der Waals surface area contributed by atoms with Crippen LogP contribution < -0.4 is 11.2 Å². The molecule has 2 N–H and O–H groups in total. The van der Waals surface area contributed by atoms with Gasteiger partial charge in [0.15, 0.2) is 0 Å². The van der Waals surface area contributed by atoms with E-state index in [0.717, 1.165) is 0 Å². The molecule has 0 atom stereocenters. The molecule has 0 aliphatic rings. The third-order valence-corrected chi connectivity index (χ3v) is 3.01. The molecule has 96 valence electrons. The molecule has 0 radical (unpaired) electrons. The predicted octanol–water partition coefficient (Wildman–Crippen LogP) is 2.33. The smallest absolute Gasteiger partial charge is 0.143 e. The average molecular weight is 278 g/mol. The Kier molecular flexibility index (Phi) is 3.91. The summed E-state index contributed by atoms with van der Waals surface area (Å²) in [6.45, 7) is 0. The second-order valence-corrected chi connectivity index (χ2v) is 4.64. The lowest BCUT2D eigenvalue weighted by atomic mass is 9.93. The summed E-state index contributed by atoms with van der Waals surface area (Å²) in [5.74, 6) is -0.894. The topological polar surface area (TPSA) is 26.0 Å². The van der Waals surface area contributed by atoms with E-state index in [2.05, 4.69) is 0 Å². The van der Waals surface area contributed by atoms with Crippen LogP contribution in [-0.2, 0) is 0 Å². The Morgan fingerprint density at radius 2 is 1.95 bits per heavy atom. The quantitative estimate of drug-likeness (QED) is 0.662. The van der Waals surface area contributed by atoms with Crippen LogP contribution >= 0.6 is 11.6 Å². The maximum Gasteiger partial charge on any atom is 0.143 e. The molecule has 0 saturated carbocycles. The van der Waals surface area contributed by atoms with E-state index in [1.165, 1.54) is 24.3 Å². The first-order valence-corrected chi connectivity index (χ1v) is 6.04. The van der Waals surface area contributed by atoms with Crippen molar-refractivity contribution in [3.8, 4) is 0 Å². The number of hydrogen-bond acceptors (Lipinski definition) is 1. The van der Waals surface area contributed by atoms with Gasteiger partial charge >= 0.3 is 0 Å². The van der Waals surface area contributed by atoms with E-state index in [1.807, 2.05) is 0 Å². The van der Waals surface area contributed by atoms with Gasteiger partial charge in [-0.25, -0.2) is 8.78 Å². The fourth-order valence-electron chi connectivity index (χ4n) is 1.75. The summed E-state index contributed by atoms with van der Waals surface area (Å²) in [7, 11) is 1.66. The van der Waals surface area contributed by atoms with Gasteiger partial charge in [0.25, 0.3) is 0 Å². The minimum atomic E-state index is -0.533. The molecule has 0 amide bonds. The Bertz CT molecular complexity index is 656. The van der Waals surface area contributed by atoms with E-state index >= 15 is 0 Å². The molecule has 2 aromatic rings. The van der Waals surface area contributed by atoms with Gasteiger partial charge in [-0.2, -0.15) is 0 Å². The summed E-state index contributed by atoms with van der Waals surface area (Å²) < 4.78 is 27.5. The molecular weight excluding hydrogens is 266 g/mol. The van der Waals surface area contributed by atoms with Crippen LogP contribution in [0.1, 0.15) is 11.1 Å². The minimum absolute atomic E-state index is 0.152. The van der Waals surface area contributed by atoms with E-state index in [0.29, 0.717) is 11.0 Å². The van der Waals surface area contributed by atoms with Crippen molar-refractivity contribution in [1.82, 2.24) is 0 Å². The summed E-state index contributed by atoms with van der Waals surface area (Å²) in [4.78, 5) is 0. The maximum atomic E-state index is 13.8. The molecule has 19 heavy (non-hydrogen) atoms. The molecule has 1 nitrogen and oxygen atoms in total. The number of benzene rings is 2. The Hall–Kier alpha value is -1.81. The lowest BCUT2D eigenvalue weighted by Gasteiger charge is -2.06. The van der Waals surface area contributed by atoms with Crippen molar-refractivity contribution in [2.75, 3.05) is 0 Å². The summed E-state index contributed by atoms with van der Waals surface area (Å²) in [6.07, 6.45) is 1.41. The Morgan fingerprint density at radius 3 is 2.63 bits per heavy atom. The molecule has 0 saturated heterocycles. The van der Waals surface area contributed by atoms with Crippen molar-refractivity contribution >= 4 is 36.7 Å². The highest BCUT2D eigenvalue weighted by Crippen LogP contribution is 2.21. The van der Waals surface area contributed by atoms with Gasteiger partial charge in [0.05, 0.1) is 0 Å². The molecule has 0 fully saturated rings. The molecular formula is C14H11BClF2N. The van der Waals surface area contributed by atoms with E-state index in [4.69, 9.17) is 17.3 Å². The van der Waals surface area contributed by atoms with Crippen LogP contribution in [0.4, 0.5) is 8.78 Å². The Morgan fingerprint density at radius 1 is 1.21 bits per heavy atom. The third kappa shape index (κ3) is 2.96. The standard InChI is InChI=1S/C14H11BClF2N/c15-11-3-1-2-8(14(11)18)6-13(19)10-5-4-9(16)7-12(10)17/h1-7H,15,19H2/b13-6-. The second-order valence-electron chi connectivity index (χ2n) is 4.20. The normalized spacial score (nSPS) is 11.6. The fraction of sp³-hybridized carbons (Fsp3) is 0. The van der Waals surface area contributed by atoms with Crippen molar-refractivity contribution in [2.24, 2.45) is 5.73 Å². The van der Waals surface area contributed by atoms with E-state index in [-0.39, 0.29) is 22.1 Å². The van der Waals surface area contributed by atoms with Crippen molar-refractivity contribution < 1.29 is 8.78 Å². The fourth-order valence-corrected chi connectivity index (χ4v) is 1.91. The number of hydrogen-bond donors (Lipinski definition) is 1. The van der Waals surface area contributed by atoms with Gasteiger partial charge in [-0.1, -0.05) is 35.3 Å². The molecule has 5 heteroatoms. The summed E-state index contributed by atoms with van der Waals surface area (Å²) >= 11 is 5.67. The lowest BCUT2D eigenvalue weighted by molar-refractivity contribution is 0.623. The van der Waals surface area contributed by atoms with Crippen LogP contribution in [0.3, 0.4) is 0 Å². The van der Waals surface area contributed by atoms with Crippen LogP contribution in [0.2, 0.25) is 5.02 Å². The highest BCUT2D eigenvalue weighted by Gasteiger charge is 2.08. The van der Waals surface area contributed by atoms with Gasteiger partial charge in [-0.05, 0) is 24.3 Å². The highest BCUT2D eigenvalue weighted by molar-refractivity contribution is 6.32. The molecule has 0 heterocycles. The van der Waals surface area contributed by atoms with Gasteiger partial charge < -0.3 is 5.73 Å². The zero-order valence-electron chi connectivity index (χ0n) is 10.3. The van der Waals surface area contributed by atoms with E-state index in [1.54, 1.807) is 26.0 Å². The van der Waals surface area contributed by atoms with Crippen molar-refractivity contribution in [3.05, 3.63) is 64.2 Å². The molecule has 0 bridgehead atoms. The molecule has 0 spiro atoms. The van der Waals surface area contributed by atoms with Crippen LogP contribution in [0.5, 0.6) is 0 Å². The maximum absolute atomic E-state index is 13.8. The first-order chi connectivity index (χ1) is 8.99. The predicted molar refractivity (Wildman–Crippen MR) is 78.0 cm³/mol. The Labute approximate surface area is 116 Å². The summed E-state index contributed by atoms with van der Waals surface area (Å²) in [6, 6.07) is 9.14. The molecule has 0 aliphatic carbocycles. The van der Waals surface area contributed by atoms with Crippen LogP contribution in [0.25, 0.3) is 11.8 Å². The first-order valence-electron chi connectivity index (χ1n) is 5.67. The molecule has 0 aliphatic heterocycles. The van der Waals surface area contributed by atoms with Crippen LogP contribution in [0, 0.1) is 11.6 Å². The molecule has 2 rings (SSSR count). The zero-order valence-corrected chi connectivity index (χ0v) is 11.0. The molecule has 2 aromatic carbocycles. The van der Waals surface area contributed by atoms with Crippen LogP contribution in [-0.4, -0.2) is 7.85 Å². The van der Waals surface area contributed by atoms with Gasteiger partial charge in [-0.15, -0.1) is 0 Å². The summed E-state index contributed by atoms with van der Waals surface area (Å²) in [5, 5.41) is 0.288. The largest absolute Gasteiger partial charge is 0.398 e. The monoisotopic (exact) mass is 277 g/mol. The van der Waals surface area contributed by atoms with Gasteiger partial charge in [0.2, 0.25) is 0 Å². The first kappa shape index (κ1) is 13.6. The van der Waals surface area contributed by atoms with Crippen molar-refractivity contribution in [3.63, 3.8) is 0 Å². The molecule has 0 unspecified atom stereocenters. The molecule has 0 aromatic heterocycles. The highest BCUT2D eigenvalue weighted by atomic mass is 35.5. The SMILES string of the molecule is Bc1cccc(/C=C(\N)c2ccc(Cl)cc2F)c1F. The van der Waals surface area contributed by atoms with Gasteiger partial charge in [0.1, 0.15) is 19.5 Å². The lowest BCUT2D eigenvalue weighted by Crippen LogP contribution is -2.09. The number of rotatable bonds is 2. The summed E-state index contributed by atoms with van der Waals surface area (Å²) in [5.41, 5.74) is 7.00. The van der Waals surface area contributed by atoms with Crippen molar-refractivity contribution in [1.29, 1.82) is 0 Å². The van der Waals surface area contributed by atoms with Gasteiger partial charge in [-0.3, -0.25) is 0 Å². The third-order valence-electron chi connectivity index (χ3n) is 2.77. The minimum Gasteiger partial charge on any atom is -0.398 e. The average Bonchev–Trinajstić information content (AvgIpc) is 2.34. The Balaban J connectivity index is 2.45. The number of halogens is 3. The van der Waals surface area contributed by atoms with E-state index < -0.39 is 5.82 Å². The zero-order chi connectivity index (χ0) is 14.0. The van der Waals surface area contributed by atoms with Gasteiger partial charge in [0, 0.05) is 21.8 Å². The van der Waals surface area contributed by atoms with E-state index in [9.17, 15) is 8.78 Å². The number of nitrogens with two attached hydrogens (primary N) is 1. The second kappa shape index (κ2) is 5.45.